The summed E-state index contributed by atoms with van der Waals surface area (Å²) < 4.78 is 14.3. The fourth-order valence-electron chi connectivity index (χ4n) is 5.76. The predicted octanol–water partition coefficient (Wildman–Crippen LogP) is 2.16. The van der Waals surface area contributed by atoms with Crippen LogP contribution in [0.1, 0.15) is 39.5 Å². The number of aliphatic hydroxyl groups excluding tert-OH is 2. The molecule has 5 heteroatoms. The zero-order valence-corrected chi connectivity index (χ0v) is 13.8. The van der Waals surface area contributed by atoms with E-state index in [2.05, 4.69) is 19.2 Å². The largest absolute Gasteiger partial charge is 0.508 e. The average Bonchev–Trinajstić information content (AvgIpc) is 2.73. The molecule has 0 aromatic carbocycles. The van der Waals surface area contributed by atoms with E-state index in [0.29, 0.717) is 25.1 Å². The number of piperidine rings is 1. The number of alkyl halides is 1. The van der Waals surface area contributed by atoms with Crippen molar-refractivity contribution in [2.45, 2.75) is 58.0 Å². The average molecular weight is 322 g/mol. The molecule has 3 fully saturated rings. The van der Waals surface area contributed by atoms with Gasteiger partial charge < -0.3 is 15.9 Å². The first-order chi connectivity index (χ1) is 10.8. The summed E-state index contributed by atoms with van der Waals surface area (Å²) in [7, 11) is 0. The van der Waals surface area contributed by atoms with Gasteiger partial charge in [0.1, 0.15) is 18.2 Å². The van der Waals surface area contributed by atoms with Crippen LogP contribution in [0.5, 0.6) is 0 Å². The summed E-state index contributed by atoms with van der Waals surface area (Å²) in [6.07, 6.45) is 3.06. The van der Waals surface area contributed by atoms with E-state index in [-0.39, 0.29) is 22.7 Å². The fourth-order valence-corrected chi connectivity index (χ4v) is 5.76. The lowest BCUT2D eigenvalue weighted by Gasteiger charge is -2.54. The van der Waals surface area contributed by atoms with Gasteiger partial charge in [0.05, 0.1) is 0 Å². The number of allylic oxidation sites excluding steroid dienone is 2. The monoisotopic (exact) mass is 322 g/mol. The van der Waals surface area contributed by atoms with E-state index in [4.69, 9.17) is 5.73 Å². The number of hydrogen-bond acceptors (Lipinski definition) is 4. The Balaban J connectivity index is 1.80. The van der Waals surface area contributed by atoms with Gasteiger partial charge >= 0.3 is 0 Å². The second-order valence-electron chi connectivity index (χ2n) is 8.46. The first kappa shape index (κ1) is 15.6. The Bertz CT molecular complexity index is 604. The molecule has 0 amide bonds. The van der Waals surface area contributed by atoms with Gasteiger partial charge in [0.2, 0.25) is 0 Å². The number of rotatable bonds is 0. The lowest BCUT2D eigenvalue weighted by atomic mass is 9.52. The molecule has 7 atom stereocenters. The van der Waals surface area contributed by atoms with E-state index in [1.54, 1.807) is 0 Å². The number of aliphatic hydroxyl groups is 2. The van der Waals surface area contributed by atoms with E-state index in [0.717, 1.165) is 24.0 Å². The Morgan fingerprint density at radius 2 is 2.09 bits per heavy atom. The standard InChI is InChI=1S/C18H27FN2O2/c1-17-4-3-10-15(11(17)7-12(19)16(17)20)13(22)5-9-6-14(23)21-8-18(9,10)2/h5,10-12,14,16,21-23H,3-4,6-8,20H2,1-2H3/t10-,11+,12?,14?,16?,17+,18+/m1/s1. The van der Waals surface area contributed by atoms with Crippen molar-refractivity contribution >= 4 is 0 Å². The van der Waals surface area contributed by atoms with Gasteiger partial charge in [-0.15, -0.1) is 0 Å². The molecule has 128 valence electrons. The highest BCUT2D eigenvalue weighted by Crippen LogP contribution is 2.62. The Hall–Kier alpha value is -0.910. The number of hydrogen-bond donors (Lipinski definition) is 4. The lowest BCUT2D eigenvalue weighted by Crippen LogP contribution is -2.54. The van der Waals surface area contributed by atoms with Crippen molar-refractivity contribution in [2.75, 3.05) is 6.54 Å². The van der Waals surface area contributed by atoms with Crippen LogP contribution in [0.15, 0.2) is 23.0 Å². The normalized spacial score (nSPS) is 52.6. The molecule has 0 bridgehead atoms. The minimum Gasteiger partial charge on any atom is -0.508 e. The minimum atomic E-state index is -0.992. The Labute approximate surface area is 136 Å². The first-order valence-corrected chi connectivity index (χ1v) is 8.72. The third kappa shape index (κ3) is 1.93. The maximum absolute atomic E-state index is 14.3. The van der Waals surface area contributed by atoms with Gasteiger partial charge in [0.15, 0.2) is 0 Å². The van der Waals surface area contributed by atoms with Crippen LogP contribution in [-0.4, -0.2) is 35.2 Å². The molecule has 3 unspecified atom stereocenters. The van der Waals surface area contributed by atoms with E-state index >= 15 is 0 Å². The summed E-state index contributed by atoms with van der Waals surface area (Å²) in [5.74, 6) is 0.527. The highest BCUT2D eigenvalue weighted by atomic mass is 19.1. The summed E-state index contributed by atoms with van der Waals surface area (Å²) in [5.41, 5.74) is 7.93. The fraction of sp³-hybridized carbons (Fsp3) is 0.778. The smallest absolute Gasteiger partial charge is 0.116 e. The van der Waals surface area contributed by atoms with Crippen LogP contribution in [0.2, 0.25) is 0 Å². The molecule has 4 aliphatic rings. The third-order valence-corrected chi connectivity index (χ3v) is 7.36. The Kier molecular flexibility index (Phi) is 3.26. The maximum Gasteiger partial charge on any atom is 0.116 e. The van der Waals surface area contributed by atoms with Crippen molar-refractivity contribution in [3.05, 3.63) is 23.0 Å². The van der Waals surface area contributed by atoms with Crippen molar-refractivity contribution in [1.82, 2.24) is 5.32 Å². The summed E-state index contributed by atoms with van der Waals surface area (Å²) in [6, 6.07) is -0.446. The van der Waals surface area contributed by atoms with Crippen LogP contribution in [0.25, 0.3) is 0 Å². The molecule has 3 aliphatic carbocycles. The van der Waals surface area contributed by atoms with Gasteiger partial charge in [-0.25, -0.2) is 4.39 Å². The van der Waals surface area contributed by atoms with E-state index in [1.165, 1.54) is 0 Å². The number of fused-ring (bicyclic) bond motifs is 5. The van der Waals surface area contributed by atoms with Crippen molar-refractivity contribution < 1.29 is 14.6 Å². The highest BCUT2D eigenvalue weighted by Gasteiger charge is 2.59. The predicted molar refractivity (Wildman–Crippen MR) is 86.3 cm³/mol. The van der Waals surface area contributed by atoms with Crippen LogP contribution in [0.4, 0.5) is 4.39 Å². The van der Waals surface area contributed by atoms with Gasteiger partial charge in [-0.1, -0.05) is 19.4 Å². The number of halogens is 1. The van der Waals surface area contributed by atoms with E-state index in [9.17, 15) is 14.6 Å². The topological polar surface area (TPSA) is 78.5 Å². The molecule has 1 heterocycles. The number of nitrogens with one attached hydrogen (secondary N) is 1. The van der Waals surface area contributed by atoms with Crippen molar-refractivity contribution in [3.63, 3.8) is 0 Å². The summed E-state index contributed by atoms with van der Waals surface area (Å²) in [5, 5.41) is 23.8. The van der Waals surface area contributed by atoms with E-state index < -0.39 is 18.4 Å². The van der Waals surface area contributed by atoms with Crippen LogP contribution in [-0.2, 0) is 0 Å². The molecule has 0 radical (unpaired) electrons. The zero-order chi connectivity index (χ0) is 16.6. The Morgan fingerprint density at radius 1 is 1.35 bits per heavy atom. The molecular formula is C18H27FN2O2. The molecule has 4 rings (SSSR count). The SMILES string of the molecule is C[C@]12CNC(O)CC1=CC(O)=C1[C@H]2CC[C@]2(C)C(N)C(F)C[C@@H]12. The summed E-state index contributed by atoms with van der Waals surface area (Å²) in [4.78, 5) is 0. The van der Waals surface area contributed by atoms with Crippen LogP contribution < -0.4 is 11.1 Å². The van der Waals surface area contributed by atoms with Gasteiger partial charge in [0, 0.05) is 24.4 Å². The molecule has 4 nitrogen and oxygen atoms in total. The zero-order valence-electron chi connectivity index (χ0n) is 13.8. The molecule has 1 saturated heterocycles. The first-order valence-electron chi connectivity index (χ1n) is 8.72. The van der Waals surface area contributed by atoms with Gasteiger partial charge in [0.25, 0.3) is 0 Å². The maximum atomic E-state index is 14.3. The molecule has 0 spiro atoms. The molecule has 5 N–H and O–H groups in total. The van der Waals surface area contributed by atoms with Crippen molar-refractivity contribution in [3.8, 4) is 0 Å². The van der Waals surface area contributed by atoms with Crippen molar-refractivity contribution in [1.29, 1.82) is 0 Å². The van der Waals surface area contributed by atoms with Gasteiger partial charge in [-0.05, 0) is 48.2 Å². The summed E-state index contributed by atoms with van der Waals surface area (Å²) in [6.45, 7) is 4.98. The molecule has 23 heavy (non-hydrogen) atoms. The Morgan fingerprint density at radius 3 is 2.83 bits per heavy atom. The van der Waals surface area contributed by atoms with Gasteiger partial charge in [-0.2, -0.15) is 0 Å². The van der Waals surface area contributed by atoms with Crippen LogP contribution >= 0.6 is 0 Å². The third-order valence-electron chi connectivity index (χ3n) is 7.36. The van der Waals surface area contributed by atoms with Crippen molar-refractivity contribution in [2.24, 2.45) is 28.4 Å². The summed E-state index contributed by atoms with van der Waals surface area (Å²) >= 11 is 0. The molecule has 0 aromatic rings. The van der Waals surface area contributed by atoms with Gasteiger partial charge in [-0.3, -0.25) is 5.32 Å². The highest BCUT2D eigenvalue weighted by molar-refractivity contribution is 5.42. The molecular weight excluding hydrogens is 295 g/mol. The number of nitrogens with two attached hydrogens (primary N) is 1. The van der Waals surface area contributed by atoms with Crippen LogP contribution in [0, 0.1) is 22.7 Å². The molecule has 1 aliphatic heterocycles. The molecule has 0 aromatic heterocycles. The quantitative estimate of drug-likeness (QED) is 0.551. The molecule has 2 saturated carbocycles. The lowest BCUT2D eigenvalue weighted by molar-refractivity contribution is 0.0436. The second-order valence-corrected chi connectivity index (χ2v) is 8.46. The van der Waals surface area contributed by atoms with Crippen LogP contribution in [0.3, 0.4) is 0 Å². The van der Waals surface area contributed by atoms with E-state index in [1.807, 2.05) is 6.08 Å². The minimum absolute atomic E-state index is 0.0210. The second kappa shape index (κ2) is 4.80.